The molecule has 120 valence electrons. The van der Waals surface area contributed by atoms with Crippen molar-refractivity contribution in [2.75, 3.05) is 13.1 Å². The lowest BCUT2D eigenvalue weighted by molar-refractivity contribution is -0.136. The Labute approximate surface area is 131 Å². The fraction of sp³-hybridized carbons (Fsp3) is 0.938. The van der Waals surface area contributed by atoms with Crippen molar-refractivity contribution in [2.24, 2.45) is 23.0 Å². The number of carbonyl (C=O) groups excluding carboxylic acids is 1. The zero-order valence-corrected chi connectivity index (χ0v) is 14.6. The van der Waals surface area contributed by atoms with Gasteiger partial charge in [-0.2, -0.15) is 0 Å². The van der Waals surface area contributed by atoms with Crippen molar-refractivity contribution in [2.45, 2.75) is 66.3 Å². The van der Waals surface area contributed by atoms with Gasteiger partial charge in [0.15, 0.2) is 0 Å². The third-order valence-electron chi connectivity index (χ3n) is 4.28. The highest BCUT2D eigenvalue weighted by molar-refractivity contribution is 5.85. The molecule has 3 nitrogen and oxygen atoms in total. The molecule has 1 atom stereocenters. The Morgan fingerprint density at radius 1 is 1.25 bits per heavy atom. The van der Waals surface area contributed by atoms with Crippen molar-refractivity contribution in [3.8, 4) is 0 Å². The van der Waals surface area contributed by atoms with Crippen molar-refractivity contribution in [1.82, 2.24) is 4.90 Å². The molecular weight excluding hydrogens is 272 g/mol. The smallest absolute Gasteiger partial charge is 0.240 e. The van der Waals surface area contributed by atoms with Crippen LogP contribution in [0, 0.1) is 17.3 Å². The van der Waals surface area contributed by atoms with E-state index in [4.69, 9.17) is 5.73 Å². The summed E-state index contributed by atoms with van der Waals surface area (Å²) in [7, 11) is 0. The second-order valence-electron chi connectivity index (χ2n) is 7.58. The maximum Gasteiger partial charge on any atom is 0.240 e. The van der Waals surface area contributed by atoms with Gasteiger partial charge in [-0.3, -0.25) is 4.79 Å². The van der Waals surface area contributed by atoms with E-state index in [2.05, 4.69) is 13.8 Å². The fourth-order valence-electron chi connectivity index (χ4n) is 2.58. The van der Waals surface area contributed by atoms with Gasteiger partial charge in [0.1, 0.15) is 0 Å². The second kappa shape index (κ2) is 8.23. The van der Waals surface area contributed by atoms with Crippen LogP contribution in [-0.2, 0) is 4.79 Å². The molecule has 0 aromatic rings. The molecule has 1 heterocycles. The third kappa shape index (κ3) is 6.01. The number of hydrogen-bond donors (Lipinski definition) is 1. The Morgan fingerprint density at radius 3 is 2.15 bits per heavy atom. The number of carbonyl (C=O) groups is 1. The molecule has 0 bridgehead atoms. The molecule has 0 spiro atoms. The lowest BCUT2D eigenvalue weighted by Gasteiger charge is -2.36. The Kier molecular flexibility index (Phi) is 8.12. The van der Waals surface area contributed by atoms with Gasteiger partial charge in [-0.1, -0.05) is 47.5 Å². The van der Waals surface area contributed by atoms with Crippen LogP contribution in [0.2, 0.25) is 0 Å². The molecule has 1 amide bonds. The number of rotatable bonds is 4. The minimum absolute atomic E-state index is 0. The van der Waals surface area contributed by atoms with E-state index in [9.17, 15) is 4.79 Å². The molecule has 1 fully saturated rings. The molecule has 1 rings (SSSR count). The average Bonchev–Trinajstić information content (AvgIpc) is 2.34. The predicted molar refractivity (Wildman–Crippen MR) is 88.1 cm³/mol. The van der Waals surface area contributed by atoms with Crippen molar-refractivity contribution < 1.29 is 4.79 Å². The molecule has 2 N–H and O–H groups in total. The third-order valence-corrected chi connectivity index (χ3v) is 4.28. The molecule has 4 heteroatoms. The van der Waals surface area contributed by atoms with Crippen LogP contribution in [0.1, 0.15) is 60.3 Å². The van der Waals surface area contributed by atoms with E-state index in [0.717, 1.165) is 37.8 Å². The zero-order chi connectivity index (χ0) is 14.6. The van der Waals surface area contributed by atoms with Gasteiger partial charge in [0, 0.05) is 13.1 Å². The maximum atomic E-state index is 12.3. The molecule has 0 unspecified atom stereocenters. The summed E-state index contributed by atoms with van der Waals surface area (Å²) in [6.45, 7) is 12.4. The average molecular weight is 305 g/mol. The molecular formula is C16H33ClN2O. The number of hydrogen-bond acceptors (Lipinski definition) is 2. The topological polar surface area (TPSA) is 46.3 Å². The molecule has 1 saturated heterocycles. The molecule has 1 aliphatic rings. The summed E-state index contributed by atoms with van der Waals surface area (Å²) in [5.41, 5.74) is 5.92. The Balaban J connectivity index is 0.00000361. The second-order valence-corrected chi connectivity index (χ2v) is 7.58. The van der Waals surface area contributed by atoms with E-state index >= 15 is 0 Å². The molecule has 0 radical (unpaired) electrons. The monoisotopic (exact) mass is 304 g/mol. The normalized spacial score (nSPS) is 18.9. The first-order valence-corrected chi connectivity index (χ1v) is 7.76. The van der Waals surface area contributed by atoms with Gasteiger partial charge in [-0.15, -0.1) is 12.4 Å². The van der Waals surface area contributed by atoms with Crippen LogP contribution in [0.15, 0.2) is 0 Å². The standard InChI is InChI=1S/C16H32N2O.ClH/c1-12(2)6-7-13-8-10-18(11-9-13)15(19)14(17)16(3,4)5;/h12-14H,6-11,17H2,1-5H3;1H/t14-;/m1./s1. The van der Waals surface area contributed by atoms with Crippen LogP contribution in [0.25, 0.3) is 0 Å². The molecule has 0 aromatic heterocycles. The maximum absolute atomic E-state index is 12.3. The van der Waals surface area contributed by atoms with Gasteiger partial charge < -0.3 is 10.6 Å². The minimum Gasteiger partial charge on any atom is -0.341 e. The number of nitrogens with two attached hydrogens (primary N) is 1. The Morgan fingerprint density at radius 2 is 1.75 bits per heavy atom. The van der Waals surface area contributed by atoms with Gasteiger partial charge in [0.25, 0.3) is 0 Å². The zero-order valence-electron chi connectivity index (χ0n) is 13.8. The highest BCUT2D eigenvalue weighted by Gasteiger charge is 2.32. The van der Waals surface area contributed by atoms with Gasteiger partial charge in [-0.25, -0.2) is 0 Å². The van der Waals surface area contributed by atoms with Crippen molar-refractivity contribution in [3.63, 3.8) is 0 Å². The van der Waals surface area contributed by atoms with Crippen LogP contribution in [0.5, 0.6) is 0 Å². The van der Waals surface area contributed by atoms with Gasteiger partial charge >= 0.3 is 0 Å². The quantitative estimate of drug-likeness (QED) is 0.864. The minimum atomic E-state index is -0.375. The number of amides is 1. The highest BCUT2D eigenvalue weighted by atomic mass is 35.5. The van der Waals surface area contributed by atoms with E-state index in [0.29, 0.717) is 0 Å². The molecule has 1 aliphatic heterocycles. The van der Waals surface area contributed by atoms with Crippen molar-refractivity contribution in [3.05, 3.63) is 0 Å². The van der Waals surface area contributed by atoms with E-state index in [1.165, 1.54) is 12.8 Å². The number of nitrogens with zero attached hydrogens (tertiary/aromatic N) is 1. The van der Waals surface area contributed by atoms with Crippen LogP contribution in [0.4, 0.5) is 0 Å². The van der Waals surface area contributed by atoms with E-state index < -0.39 is 0 Å². The number of halogens is 1. The van der Waals surface area contributed by atoms with Gasteiger partial charge in [0.2, 0.25) is 5.91 Å². The van der Waals surface area contributed by atoms with Gasteiger partial charge in [-0.05, 0) is 30.1 Å². The summed E-state index contributed by atoms with van der Waals surface area (Å²) in [5.74, 6) is 1.72. The summed E-state index contributed by atoms with van der Waals surface area (Å²) < 4.78 is 0. The summed E-state index contributed by atoms with van der Waals surface area (Å²) >= 11 is 0. The number of likely N-dealkylation sites (tertiary alicyclic amines) is 1. The summed E-state index contributed by atoms with van der Waals surface area (Å²) in [6, 6.07) is -0.375. The van der Waals surface area contributed by atoms with E-state index in [1.54, 1.807) is 0 Å². The van der Waals surface area contributed by atoms with E-state index in [1.807, 2.05) is 25.7 Å². The molecule has 0 aromatic carbocycles. The lowest BCUT2D eigenvalue weighted by Crippen LogP contribution is -2.52. The fourth-order valence-corrected chi connectivity index (χ4v) is 2.58. The van der Waals surface area contributed by atoms with Crippen LogP contribution < -0.4 is 5.73 Å². The van der Waals surface area contributed by atoms with Crippen LogP contribution >= 0.6 is 12.4 Å². The Bertz CT molecular complexity index is 291. The SMILES string of the molecule is CC(C)CCC1CCN(C(=O)[C@@H](N)C(C)(C)C)CC1.Cl. The van der Waals surface area contributed by atoms with Crippen molar-refractivity contribution >= 4 is 18.3 Å². The summed E-state index contributed by atoms with van der Waals surface area (Å²) in [5, 5.41) is 0. The molecule has 0 aliphatic carbocycles. The molecule has 20 heavy (non-hydrogen) atoms. The number of piperidine rings is 1. The first-order valence-electron chi connectivity index (χ1n) is 7.76. The molecule has 0 saturated carbocycles. The highest BCUT2D eigenvalue weighted by Crippen LogP contribution is 2.26. The largest absolute Gasteiger partial charge is 0.341 e. The first kappa shape index (κ1) is 19.7. The first-order chi connectivity index (χ1) is 8.71. The van der Waals surface area contributed by atoms with Crippen LogP contribution in [-0.4, -0.2) is 29.9 Å². The summed E-state index contributed by atoms with van der Waals surface area (Å²) in [4.78, 5) is 14.3. The van der Waals surface area contributed by atoms with Gasteiger partial charge in [0.05, 0.1) is 6.04 Å². The lowest BCUT2D eigenvalue weighted by atomic mass is 9.85. The van der Waals surface area contributed by atoms with Crippen molar-refractivity contribution in [1.29, 1.82) is 0 Å². The predicted octanol–water partition coefficient (Wildman–Crippen LogP) is 3.46. The van der Waals surface area contributed by atoms with Crippen LogP contribution in [0.3, 0.4) is 0 Å². The van der Waals surface area contributed by atoms with E-state index in [-0.39, 0.29) is 29.8 Å². The summed E-state index contributed by atoms with van der Waals surface area (Å²) in [6.07, 6.45) is 4.91. The Hall–Kier alpha value is -0.280.